The normalized spacial score (nSPS) is 13.6. The zero-order valence-corrected chi connectivity index (χ0v) is 24.9. The molecule has 1 atom stereocenters. The van der Waals surface area contributed by atoms with Crippen LogP contribution in [0.15, 0.2) is 85.0 Å². The second kappa shape index (κ2) is 12.4. The molecular formula is C36H36O6. The van der Waals surface area contributed by atoms with Crippen LogP contribution in [0.2, 0.25) is 0 Å². The number of ether oxygens (including phenoxy) is 3. The maximum absolute atomic E-state index is 12.2. The van der Waals surface area contributed by atoms with Crippen molar-refractivity contribution in [2.45, 2.75) is 53.4 Å². The van der Waals surface area contributed by atoms with E-state index in [0.29, 0.717) is 12.2 Å². The third kappa shape index (κ3) is 6.77. The molecule has 6 heteroatoms. The molecule has 0 saturated heterocycles. The lowest BCUT2D eigenvalue weighted by Crippen LogP contribution is -2.11. The van der Waals surface area contributed by atoms with E-state index in [0.717, 1.165) is 46.2 Å². The van der Waals surface area contributed by atoms with Crippen LogP contribution in [-0.2, 0) is 25.5 Å². The summed E-state index contributed by atoms with van der Waals surface area (Å²) in [4.78, 5) is 36.4. The quantitative estimate of drug-likeness (QED) is 0.150. The number of hydrogen-bond acceptors (Lipinski definition) is 6. The van der Waals surface area contributed by atoms with E-state index in [1.807, 2.05) is 6.92 Å². The first kappa shape index (κ1) is 30.3. The molecule has 4 rings (SSSR count). The molecule has 6 nitrogen and oxygen atoms in total. The average molecular weight is 565 g/mol. The van der Waals surface area contributed by atoms with Gasteiger partial charge in [-0.3, -0.25) is 0 Å². The number of rotatable bonds is 9. The molecule has 0 saturated carbocycles. The number of fused-ring (bicyclic) bond motifs is 1. The van der Waals surface area contributed by atoms with Crippen LogP contribution in [0.1, 0.15) is 55.4 Å². The first-order valence-electron chi connectivity index (χ1n) is 13.8. The first-order chi connectivity index (χ1) is 19.8. The van der Waals surface area contributed by atoms with E-state index in [9.17, 15) is 14.4 Å². The maximum Gasteiger partial charge on any atom is 0.338 e. The molecule has 3 aromatic carbocycles. The van der Waals surface area contributed by atoms with Gasteiger partial charge in [0.25, 0.3) is 0 Å². The van der Waals surface area contributed by atoms with Crippen molar-refractivity contribution >= 4 is 17.9 Å². The molecule has 0 spiro atoms. The molecule has 1 unspecified atom stereocenters. The van der Waals surface area contributed by atoms with E-state index >= 15 is 0 Å². The van der Waals surface area contributed by atoms with Crippen molar-refractivity contribution in [1.82, 2.24) is 0 Å². The molecule has 0 radical (unpaired) electrons. The Morgan fingerprint density at radius 2 is 1.24 bits per heavy atom. The van der Waals surface area contributed by atoms with Gasteiger partial charge in [-0.1, -0.05) is 50.1 Å². The highest BCUT2D eigenvalue weighted by Crippen LogP contribution is 2.39. The molecule has 1 aliphatic carbocycles. The van der Waals surface area contributed by atoms with Gasteiger partial charge in [-0.25, -0.2) is 14.4 Å². The van der Waals surface area contributed by atoms with Gasteiger partial charge < -0.3 is 14.2 Å². The van der Waals surface area contributed by atoms with Gasteiger partial charge in [0.15, 0.2) is 0 Å². The molecule has 0 aliphatic heterocycles. The van der Waals surface area contributed by atoms with Crippen LogP contribution in [0.25, 0.3) is 22.3 Å². The lowest BCUT2D eigenvalue weighted by molar-refractivity contribution is -0.139. The van der Waals surface area contributed by atoms with E-state index in [2.05, 4.69) is 57.0 Å². The Morgan fingerprint density at radius 1 is 0.714 bits per heavy atom. The Kier molecular flexibility index (Phi) is 8.96. The second-order valence-electron chi connectivity index (χ2n) is 11.0. The van der Waals surface area contributed by atoms with E-state index in [1.165, 1.54) is 17.2 Å². The van der Waals surface area contributed by atoms with Crippen LogP contribution in [0.4, 0.5) is 0 Å². The lowest BCUT2D eigenvalue weighted by atomic mass is 9.90. The van der Waals surface area contributed by atoms with E-state index in [4.69, 9.17) is 14.2 Å². The Labute approximate surface area is 247 Å². The molecular weight excluding hydrogens is 528 g/mol. The number of hydrogen-bond donors (Lipinski definition) is 0. The van der Waals surface area contributed by atoms with Gasteiger partial charge in [-0.15, -0.1) is 0 Å². The molecule has 0 bridgehead atoms. The van der Waals surface area contributed by atoms with Gasteiger partial charge in [-0.05, 0) is 104 Å². The number of aryl methyl sites for hydroxylation is 3. The van der Waals surface area contributed by atoms with Crippen molar-refractivity contribution in [3.8, 4) is 33.8 Å². The molecule has 0 N–H and O–H groups in total. The Morgan fingerprint density at radius 3 is 1.76 bits per heavy atom. The Bertz CT molecular complexity index is 1590. The highest BCUT2D eigenvalue weighted by atomic mass is 16.5. The van der Waals surface area contributed by atoms with Gasteiger partial charge in [0.2, 0.25) is 0 Å². The fourth-order valence-electron chi connectivity index (χ4n) is 5.02. The summed E-state index contributed by atoms with van der Waals surface area (Å²) in [6.07, 6.45) is 1.86. The molecule has 0 amide bonds. The van der Waals surface area contributed by atoms with Crippen LogP contribution < -0.4 is 9.47 Å². The number of carbonyl (C=O) groups is 3. The fourth-order valence-corrected chi connectivity index (χ4v) is 5.02. The minimum absolute atomic E-state index is 0.182. The van der Waals surface area contributed by atoms with Crippen molar-refractivity contribution in [1.29, 1.82) is 0 Å². The van der Waals surface area contributed by atoms with Crippen LogP contribution in [0.3, 0.4) is 0 Å². The van der Waals surface area contributed by atoms with Crippen molar-refractivity contribution in [2.75, 3.05) is 6.61 Å². The van der Waals surface area contributed by atoms with Crippen LogP contribution >= 0.6 is 0 Å². The molecule has 0 heterocycles. The van der Waals surface area contributed by atoms with Gasteiger partial charge in [0.05, 0.1) is 6.61 Å². The monoisotopic (exact) mass is 564 g/mol. The highest BCUT2D eigenvalue weighted by molar-refractivity contribution is 5.90. The third-order valence-electron chi connectivity index (χ3n) is 7.30. The summed E-state index contributed by atoms with van der Waals surface area (Å²) in [7, 11) is 0. The minimum Gasteiger partial charge on any atom is -0.462 e. The average Bonchev–Trinajstić information content (AvgIpc) is 3.34. The third-order valence-corrected chi connectivity index (χ3v) is 7.30. The van der Waals surface area contributed by atoms with Gasteiger partial charge >= 0.3 is 17.9 Å². The van der Waals surface area contributed by atoms with Crippen LogP contribution in [0, 0.1) is 13.8 Å². The first-order valence-corrected chi connectivity index (χ1v) is 13.8. The number of carbonyl (C=O) groups excluding carboxylic acids is 3. The minimum atomic E-state index is -0.569. The molecule has 0 aromatic heterocycles. The summed E-state index contributed by atoms with van der Waals surface area (Å²) in [6.45, 7) is 20.2. The zero-order valence-electron chi connectivity index (χ0n) is 24.9. The summed E-state index contributed by atoms with van der Waals surface area (Å²) in [6, 6.07) is 15.7. The summed E-state index contributed by atoms with van der Waals surface area (Å²) in [5.41, 5.74) is 9.33. The molecule has 216 valence electrons. The van der Waals surface area contributed by atoms with Crippen LogP contribution in [-0.4, -0.2) is 24.5 Å². The largest absolute Gasteiger partial charge is 0.462 e. The van der Waals surface area contributed by atoms with Crippen molar-refractivity contribution in [3.05, 3.63) is 107 Å². The standard InChI is InChI=1S/C36H36O6/c1-20(2)34(37)40-19-27-10-9-25-15-26(11-12-31(25)27)32-13-24(8)33(14-23(32)7)28-16-29(41-35(38)21(3)4)18-30(17-28)42-36(39)22(5)6/h11-18,27H,1,3,5,9-10,19H2,2,4,6-8H3. The fraction of sp³-hybridized carbons (Fsp3) is 0.250. The smallest absolute Gasteiger partial charge is 0.338 e. The van der Waals surface area contributed by atoms with Gasteiger partial charge in [-0.2, -0.15) is 0 Å². The van der Waals surface area contributed by atoms with E-state index in [-0.39, 0.29) is 34.5 Å². The predicted molar refractivity (Wildman–Crippen MR) is 165 cm³/mol. The topological polar surface area (TPSA) is 78.9 Å². The highest BCUT2D eigenvalue weighted by Gasteiger charge is 2.25. The maximum atomic E-state index is 12.2. The summed E-state index contributed by atoms with van der Waals surface area (Å²) in [5, 5.41) is 0. The molecule has 0 fully saturated rings. The summed E-state index contributed by atoms with van der Waals surface area (Å²) in [5.74, 6) is -0.823. The van der Waals surface area contributed by atoms with Crippen molar-refractivity contribution < 1.29 is 28.6 Å². The van der Waals surface area contributed by atoms with Crippen molar-refractivity contribution in [2.24, 2.45) is 0 Å². The molecule has 1 aliphatic rings. The second-order valence-corrected chi connectivity index (χ2v) is 11.0. The Balaban J connectivity index is 1.66. The zero-order chi connectivity index (χ0) is 30.7. The van der Waals surface area contributed by atoms with Crippen molar-refractivity contribution in [3.63, 3.8) is 0 Å². The number of esters is 3. The summed E-state index contributed by atoms with van der Waals surface area (Å²) < 4.78 is 16.4. The molecule has 3 aromatic rings. The van der Waals surface area contributed by atoms with E-state index < -0.39 is 11.9 Å². The van der Waals surface area contributed by atoms with Crippen LogP contribution in [0.5, 0.6) is 11.5 Å². The van der Waals surface area contributed by atoms with Gasteiger partial charge in [0, 0.05) is 28.7 Å². The Hall–Kier alpha value is -4.71. The number of benzene rings is 3. The lowest BCUT2D eigenvalue weighted by Gasteiger charge is -2.16. The SMILES string of the molecule is C=C(C)C(=O)OCC1CCc2cc(-c3cc(C)c(-c4cc(OC(=O)C(=C)C)cc(OC(=O)C(=C)C)c4)cc3C)ccc21. The molecule has 42 heavy (non-hydrogen) atoms. The summed E-state index contributed by atoms with van der Waals surface area (Å²) >= 11 is 0. The van der Waals surface area contributed by atoms with E-state index in [1.54, 1.807) is 32.9 Å². The van der Waals surface area contributed by atoms with Gasteiger partial charge in [0.1, 0.15) is 11.5 Å². The predicted octanol–water partition coefficient (Wildman–Crippen LogP) is 7.75.